The number of rotatable bonds is 3. The van der Waals surface area contributed by atoms with Crippen LogP contribution in [0.5, 0.6) is 11.6 Å². The summed E-state index contributed by atoms with van der Waals surface area (Å²) in [4.78, 5) is 2.20. The van der Waals surface area contributed by atoms with Gasteiger partial charge in [-0.25, -0.2) is 0 Å². The summed E-state index contributed by atoms with van der Waals surface area (Å²) in [6, 6.07) is 13.9. The molecule has 3 N–H and O–H groups in total. The molecule has 1 aliphatic rings. The van der Waals surface area contributed by atoms with E-state index in [2.05, 4.69) is 16.3 Å². The summed E-state index contributed by atoms with van der Waals surface area (Å²) in [5.74, 6) is 0.969. The number of aromatic nitrogens is 2. The first kappa shape index (κ1) is 16.2. The van der Waals surface area contributed by atoms with Gasteiger partial charge in [-0.05, 0) is 43.3 Å². The molecule has 1 atom stereocenters. The first-order valence-electron chi connectivity index (χ1n) is 7.99. The molecule has 0 saturated heterocycles. The van der Waals surface area contributed by atoms with E-state index < -0.39 is 0 Å². The molecule has 0 fully saturated rings. The van der Waals surface area contributed by atoms with Crippen molar-refractivity contribution in [3.8, 4) is 29.0 Å². The summed E-state index contributed by atoms with van der Waals surface area (Å²) < 4.78 is 10.8. The zero-order valence-electron chi connectivity index (χ0n) is 14.2. The van der Waals surface area contributed by atoms with Crippen LogP contribution in [0.2, 0.25) is 0 Å². The molecule has 1 aliphatic heterocycles. The third-order valence-electron chi connectivity index (χ3n) is 4.36. The minimum atomic E-state index is -0.307. The Hall–Kier alpha value is -3.24. The smallest absolute Gasteiger partial charge is 0.244 e. The predicted octanol–water partition coefficient (Wildman–Crippen LogP) is 3.67. The number of thiophene rings is 1. The van der Waals surface area contributed by atoms with E-state index in [0.717, 1.165) is 27.4 Å². The van der Waals surface area contributed by atoms with Gasteiger partial charge in [-0.15, -0.1) is 16.4 Å². The van der Waals surface area contributed by atoms with Gasteiger partial charge in [0.15, 0.2) is 0 Å². The summed E-state index contributed by atoms with van der Waals surface area (Å²) in [5.41, 5.74) is 8.95. The van der Waals surface area contributed by atoms with Crippen LogP contribution >= 0.6 is 11.3 Å². The van der Waals surface area contributed by atoms with Crippen molar-refractivity contribution < 1.29 is 9.47 Å². The Bertz CT molecular complexity index is 1040. The van der Waals surface area contributed by atoms with Crippen molar-refractivity contribution in [1.29, 1.82) is 5.26 Å². The first-order valence-corrected chi connectivity index (χ1v) is 8.80. The van der Waals surface area contributed by atoms with Crippen molar-refractivity contribution >= 4 is 11.3 Å². The molecule has 6 nitrogen and oxygen atoms in total. The molecule has 1 aromatic carbocycles. The van der Waals surface area contributed by atoms with E-state index >= 15 is 0 Å². The standard InChI is InChI=1S/C19H16N4O2S/c1-10-3-8-14(26-10)15-13(9-20)18(21)25-19-16(15)17(22-23-19)11-4-6-12(24-2)7-5-11/h3-8,15H,21H2,1-2H3,(H,22,23). The van der Waals surface area contributed by atoms with E-state index in [4.69, 9.17) is 15.2 Å². The van der Waals surface area contributed by atoms with Crippen LogP contribution in [-0.4, -0.2) is 17.3 Å². The first-order chi connectivity index (χ1) is 12.6. The van der Waals surface area contributed by atoms with Gasteiger partial charge in [0, 0.05) is 15.3 Å². The summed E-state index contributed by atoms with van der Waals surface area (Å²) in [7, 11) is 1.63. The Balaban J connectivity index is 1.90. The van der Waals surface area contributed by atoms with Gasteiger partial charge >= 0.3 is 0 Å². The van der Waals surface area contributed by atoms with Gasteiger partial charge in [-0.1, -0.05) is 0 Å². The lowest BCUT2D eigenvalue weighted by Crippen LogP contribution is -2.20. The molecule has 0 spiro atoms. The van der Waals surface area contributed by atoms with Gasteiger partial charge in [-0.3, -0.25) is 5.10 Å². The van der Waals surface area contributed by atoms with Gasteiger partial charge in [-0.2, -0.15) is 5.26 Å². The third kappa shape index (κ3) is 2.52. The number of H-pyrrole nitrogens is 1. The predicted molar refractivity (Wildman–Crippen MR) is 98.9 cm³/mol. The number of methoxy groups -OCH3 is 1. The van der Waals surface area contributed by atoms with E-state index in [1.54, 1.807) is 18.4 Å². The van der Waals surface area contributed by atoms with Gasteiger partial charge in [0.1, 0.15) is 17.4 Å². The molecule has 3 aromatic rings. The van der Waals surface area contributed by atoms with Crippen LogP contribution in [-0.2, 0) is 0 Å². The zero-order valence-corrected chi connectivity index (χ0v) is 15.1. The van der Waals surface area contributed by atoms with Crippen LogP contribution in [0, 0.1) is 18.3 Å². The van der Waals surface area contributed by atoms with Gasteiger partial charge < -0.3 is 15.2 Å². The fraction of sp³-hybridized carbons (Fsp3) is 0.158. The van der Waals surface area contributed by atoms with Crippen molar-refractivity contribution in [3.63, 3.8) is 0 Å². The second kappa shape index (κ2) is 6.24. The molecule has 3 heterocycles. The van der Waals surface area contributed by atoms with E-state index in [-0.39, 0.29) is 11.8 Å². The van der Waals surface area contributed by atoms with Crippen molar-refractivity contribution in [3.05, 3.63) is 63.2 Å². The van der Waals surface area contributed by atoms with E-state index in [1.165, 1.54) is 4.88 Å². The van der Waals surface area contributed by atoms with E-state index in [9.17, 15) is 5.26 Å². The Morgan fingerprint density at radius 2 is 2.04 bits per heavy atom. The molecule has 0 amide bonds. The fourth-order valence-electron chi connectivity index (χ4n) is 3.12. The Kier molecular flexibility index (Phi) is 3.90. The monoisotopic (exact) mass is 364 g/mol. The molecule has 0 bridgehead atoms. The lowest BCUT2D eigenvalue weighted by Gasteiger charge is -2.22. The van der Waals surface area contributed by atoms with E-state index in [0.29, 0.717) is 11.5 Å². The second-order valence-electron chi connectivity index (χ2n) is 5.92. The number of aryl methyl sites for hydroxylation is 1. The molecule has 26 heavy (non-hydrogen) atoms. The number of benzene rings is 1. The van der Waals surface area contributed by atoms with Crippen molar-refractivity contribution in [2.24, 2.45) is 5.73 Å². The molecule has 1 unspecified atom stereocenters. The molecule has 0 saturated carbocycles. The number of nitrogens with one attached hydrogen (secondary N) is 1. The molecular formula is C19H16N4O2S. The lowest BCUT2D eigenvalue weighted by atomic mass is 9.87. The number of hydrogen-bond acceptors (Lipinski definition) is 6. The summed E-state index contributed by atoms with van der Waals surface area (Å²) >= 11 is 1.63. The average Bonchev–Trinajstić information content (AvgIpc) is 3.26. The number of ether oxygens (including phenoxy) is 2. The summed E-state index contributed by atoms with van der Waals surface area (Å²) in [6.45, 7) is 2.03. The Labute approximate surface area is 154 Å². The SMILES string of the molecule is COc1ccc(-c2[nH]nc3c2C(c2ccc(C)s2)C(C#N)=C(N)O3)cc1. The highest BCUT2D eigenvalue weighted by molar-refractivity contribution is 7.12. The average molecular weight is 364 g/mol. The topological polar surface area (TPSA) is 97.0 Å². The molecule has 130 valence electrons. The van der Waals surface area contributed by atoms with E-state index in [1.807, 2.05) is 43.3 Å². The number of fused-ring (bicyclic) bond motifs is 1. The minimum absolute atomic E-state index is 0.101. The molecule has 7 heteroatoms. The van der Waals surface area contributed by atoms with Crippen LogP contribution in [0.4, 0.5) is 0 Å². The minimum Gasteiger partial charge on any atom is -0.497 e. The van der Waals surface area contributed by atoms with Crippen LogP contribution in [0.1, 0.15) is 21.2 Å². The maximum atomic E-state index is 9.68. The number of nitrogens with zero attached hydrogens (tertiary/aromatic N) is 2. The highest BCUT2D eigenvalue weighted by atomic mass is 32.1. The van der Waals surface area contributed by atoms with Crippen molar-refractivity contribution in [2.45, 2.75) is 12.8 Å². The summed E-state index contributed by atoms with van der Waals surface area (Å²) in [5, 5.41) is 17.0. The number of aromatic amines is 1. The molecule has 0 aliphatic carbocycles. The number of hydrogen-bond donors (Lipinski definition) is 2. The highest BCUT2D eigenvalue weighted by Gasteiger charge is 2.36. The third-order valence-corrected chi connectivity index (χ3v) is 5.43. The largest absolute Gasteiger partial charge is 0.497 e. The maximum Gasteiger partial charge on any atom is 0.244 e. The molecule has 2 aromatic heterocycles. The Morgan fingerprint density at radius 1 is 1.27 bits per heavy atom. The molecular weight excluding hydrogens is 348 g/mol. The number of nitriles is 1. The van der Waals surface area contributed by atoms with Gasteiger partial charge in [0.05, 0.1) is 24.3 Å². The second-order valence-corrected chi connectivity index (χ2v) is 7.24. The molecule has 4 rings (SSSR count). The normalized spacial score (nSPS) is 16.0. The van der Waals surface area contributed by atoms with Crippen molar-refractivity contribution in [1.82, 2.24) is 10.2 Å². The lowest BCUT2D eigenvalue weighted by molar-refractivity contribution is 0.379. The summed E-state index contributed by atoms with van der Waals surface area (Å²) in [6.07, 6.45) is 0. The van der Waals surface area contributed by atoms with Crippen molar-refractivity contribution in [2.75, 3.05) is 7.11 Å². The highest BCUT2D eigenvalue weighted by Crippen LogP contribution is 2.47. The van der Waals surface area contributed by atoms with Gasteiger partial charge in [0.2, 0.25) is 11.8 Å². The zero-order chi connectivity index (χ0) is 18.3. The Morgan fingerprint density at radius 3 is 2.65 bits per heavy atom. The maximum absolute atomic E-state index is 9.68. The van der Waals surface area contributed by atoms with Crippen LogP contribution in [0.25, 0.3) is 11.3 Å². The number of allylic oxidation sites excluding steroid dienone is 1. The van der Waals surface area contributed by atoms with Gasteiger partial charge in [0.25, 0.3) is 0 Å². The van der Waals surface area contributed by atoms with Crippen LogP contribution < -0.4 is 15.2 Å². The fourth-order valence-corrected chi connectivity index (χ4v) is 4.11. The molecule has 0 radical (unpaired) electrons. The van der Waals surface area contributed by atoms with Crippen LogP contribution in [0.15, 0.2) is 47.9 Å². The quantitative estimate of drug-likeness (QED) is 0.739. The number of nitrogens with two attached hydrogens (primary N) is 1. The van der Waals surface area contributed by atoms with Crippen LogP contribution in [0.3, 0.4) is 0 Å².